The molecule has 0 aromatic carbocycles. The zero-order valence-electron chi connectivity index (χ0n) is 24.0. The van der Waals surface area contributed by atoms with E-state index in [-0.39, 0.29) is 0 Å². The molecule has 0 aliphatic heterocycles. The first-order valence-electron chi connectivity index (χ1n) is 14.9. The van der Waals surface area contributed by atoms with E-state index in [1.54, 1.807) is 0 Å². The topological polar surface area (TPSA) is 112 Å². The third-order valence-corrected chi connectivity index (χ3v) is 5.99. The normalized spacial score (nSPS) is 10.1. The third-order valence-electron chi connectivity index (χ3n) is 5.99. The molecule has 0 unspecified atom stereocenters. The maximum absolute atomic E-state index is 10.3. The van der Waals surface area contributed by atoms with Crippen molar-refractivity contribution in [2.45, 2.75) is 175 Å². The van der Waals surface area contributed by atoms with Gasteiger partial charge in [0.25, 0.3) is 5.97 Å². The molecule has 216 valence electrons. The Morgan fingerprint density at radius 1 is 0.389 bits per heavy atom. The zero-order valence-corrected chi connectivity index (χ0v) is 24.0. The molecule has 0 spiro atoms. The minimum absolute atomic E-state index is 0.344. The highest BCUT2D eigenvalue weighted by Gasteiger charge is 1.97. The lowest BCUT2D eigenvalue weighted by molar-refractivity contribution is -0.138. The van der Waals surface area contributed by atoms with Gasteiger partial charge in [0.1, 0.15) is 0 Å². The molecule has 0 atom stereocenters. The predicted molar refractivity (Wildman–Crippen MR) is 151 cm³/mol. The standard InChI is InChI=1S/2C14H28O2.C2H4O2/c2*1-2-3-4-5-6-7-8-9-10-11-12-13-14(15)16;1-2(3)4/h2*2-13H2,1H3,(H,15,16);1H3,(H,3,4). The second-order valence-electron chi connectivity index (χ2n) is 9.88. The van der Waals surface area contributed by atoms with Gasteiger partial charge in [0.15, 0.2) is 0 Å². The van der Waals surface area contributed by atoms with Crippen molar-refractivity contribution in [3.8, 4) is 0 Å². The molecule has 3 N–H and O–H groups in total. The SMILES string of the molecule is CC(=O)O.CCCCCCCCCCCCCC(=O)O.CCCCCCCCCCCCCC(=O)O. The highest BCUT2D eigenvalue weighted by Crippen LogP contribution is 2.12. The molecule has 0 heterocycles. The van der Waals surface area contributed by atoms with Gasteiger partial charge in [-0.25, -0.2) is 0 Å². The highest BCUT2D eigenvalue weighted by atomic mass is 16.4. The number of hydrogen-bond donors (Lipinski definition) is 3. The Morgan fingerprint density at radius 2 is 0.556 bits per heavy atom. The van der Waals surface area contributed by atoms with Crippen LogP contribution in [0.15, 0.2) is 0 Å². The van der Waals surface area contributed by atoms with Crippen LogP contribution in [-0.2, 0) is 14.4 Å². The lowest BCUT2D eigenvalue weighted by Gasteiger charge is -2.01. The first-order valence-corrected chi connectivity index (χ1v) is 14.9. The van der Waals surface area contributed by atoms with Crippen molar-refractivity contribution in [3.63, 3.8) is 0 Å². The van der Waals surface area contributed by atoms with Crippen LogP contribution in [0.4, 0.5) is 0 Å². The minimum Gasteiger partial charge on any atom is -0.481 e. The summed E-state index contributed by atoms with van der Waals surface area (Å²) in [6.45, 7) is 5.58. The van der Waals surface area contributed by atoms with Gasteiger partial charge in [0.05, 0.1) is 0 Å². The summed E-state index contributed by atoms with van der Waals surface area (Å²) < 4.78 is 0. The lowest BCUT2D eigenvalue weighted by Crippen LogP contribution is -1.93. The van der Waals surface area contributed by atoms with E-state index in [2.05, 4.69) is 13.8 Å². The summed E-state index contributed by atoms with van der Waals surface area (Å²) in [7, 11) is 0. The molecule has 6 heteroatoms. The Hall–Kier alpha value is -1.59. The van der Waals surface area contributed by atoms with Crippen molar-refractivity contribution >= 4 is 17.9 Å². The fourth-order valence-corrected chi connectivity index (χ4v) is 3.88. The molecule has 0 aliphatic rings. The van der Waals surface area contributed by atoms with Crippen molar-refractivity contribution in [2.75, 3.05) is 0 Å². The van der Waals surface area contributed by atoms with Crippen molar-refractivity contribution in [3.05, 3.63) is 0 Å². The third kappa shape index (κ3) is 53.7. The Bertz CT molecular complexity index is 424. The number of rotatable bonds is 24. The van der Waals surface area contributed by atoms with Gasteiger partial charge in [0, 0.05) is 19.8 Å². The van der Waals surface area contributed by atoms with Crippen LogP contribution in [0.3, 0.4) is 0 Å². The van der Waals surface area contributed by atoms with Crippen molar-refractivity contribution in [1.82, 2.24) is 0 Å². The number of aliphatic carboxylic acids is 3. The molecule has 0 amide bonds. The van der Waals surface area contributed by atoms with Crippen LogP contribution >= 0.6 is 0 Å². The van der Waals surface area contributed by atoms with Crippen LogP contribution in [0, 0.1) is 0 Å². The molecule has 0 aliphatic carbocycles. The predicted octanol–water partition coefficient (Wildman–Crippen LogP) is 9.64. The Morgan fingerprint density at radius 3 is 0.722 bits per heavy atom. The number of hydrogen-bond acceptors (Lipinski definition) is 3. The Balaban J connectivity index is -0.000000526. The molecule has 36 heavy (non-hydrogen) atoms. The molecule has 0 saturated carbocycles. The maximum atomic E-state index is 10.3. The van der Waals surface area contributed by atoms with E-state index in [1.165, 1.54) is 116 Å². The summed E-state index contributed by atoms with van der Waals surface area (Å²) in [6.07, 6.45) is 28.7. The second-order valence-corrected chi connectivity index (χ2v) is 9.88. The fraction of sp³-hybridized carbons (Fsp3) is 0.900. The van der Waals surface area contributed by atoms with Gasteiger partial charge >= 0.3 is 11.9 Å². The van der Waals surface area contributed by atoms with E-state index in [0.29, 0.717) is 12.8 Å². The number of unbranched alkanes of at least 4 members (excludes halogenated alkanes) is 20. The molecule has 0 bridgehead atoms. The molecular weight excluding hydrogens is 456 g/mol. The summed E-state index contributed by atoms with van der Waals surface area (Å²) in [5.41, 5.74) is 0. The van der Waals surface area contributed by atoms with Gasteiger partial charge in [-0.1, -0.05) is 142 Å². The molecule has 0 aromatic heterocycles. The van der Waals surface area contributed by atoms with Crippen LogP contribution in [0.1, 0.15) is 175 Å². The quantitative estimate of drug-likeness (QED) is 0.110. The second kappa shape index (κ2) is 35.6. The average Bonchev–Trinajstić information content (AvgIpc) is 2.81. The molecule has 0 saturated heterocycles. The van der Waals surface area contributed by atoms with Crippen molar-refractivity contribution < 1.29 is 29.7 Å². The summed E-state index contributed by atoms with van der Waals surface area (Å²) in [4.78, 5) is 29.5. The van der Waals surface area contributed by atoms with Gasteiger partial charge < -0.3 is 15.3 Å². The van der Waals surface area contributed by atoms with Crippen LogP contribution < -0.4 is 0 Å². The Kier molecular flexibility index (Phi) is 38.5. The maximum Gasteiger partial charge on any atom is 0.303 e. The van der Waals surface area contributed by atoms with Gasteiger partial charge in [-0.2, -0.15) is 0 Å². The lowest BCUT2D eigenvalue weighted by atomic mass is 10.1. The summed E-state index contributed by atoms with van der Waals surface area (Å²) in [5, 5.41) is 24.3. The van der Waals surface area contributed by atoms with E-state index in [1.807, 2.05) is 0 Å². The van der Waals surface area contributed by atoms with Crippen LogP contribution in [-0.4, -0.2) is 33.2 Å². The molecule has 0 fully saturated rings. The number of carbonyl (C=O) groups is 3. The zero-order chi connectivity index (χ0) is 27.7. The van der Waals surface area contributed by atoms with Gasteiger partial charge in [-0.05, 0) is 12.8 Å². The van der Waals surface area contributed by atoms with E-state index in [9.17, 15) is 9.59 Å². The fourth-order valence-electron chi connectivity index (χ4n) is 3.88. The number of carboxylic acid groups (broad SMARTS) is 3. The first kappa shape index (κ1) is 38.9. The van der Waals surface area contributed by atoms with Crippen molar-refractivity contribution in [1.29, 1.82) is 0 Å². The van der Waals surface area contributed by atoms with Crippen LogP contribution in [0.2, 0.25) is 0 Å². The highest BCUT2D eigenvalue weighted by molar-refractivity contribution is 5.66. The minimum atomic E-state index is -0.833. The van der Waals surface area contributed by atoms with Crippen molar-refractivity contribution in [2.24, 2.45) is 0 Å². The molecule has 0 radical (unpaired) electrons. The smallest absolute Gasteiger partial charge is 0.303 e. The summed E-state index contributed by atoms with van der Waals surface area (Å²) >= 11 is 0. The largest absolute Gasteiger partial charge is 0.481 e. The van der Waals surface area contributed by atoms with E-state index in [4.69, 9.17) is 20.1 Å². The average molecular weight is 517 g/mol. The van der Waals surface area contributed by atoms with E-state index in [0.717, 1.165) is 32.6 Å². The van der Waals surface area contributed by atoms with Crippen LogP contribution in [0.25, 0.3) is 0 Å². The van der Waals surface area contributed by atoms with Gasteiger partial charge in [-0.3, -0.25) is 14.4 Å². The van der Waals surface area contributed by atoms with E-state index >= 15 is 0 Å². The number of carboxylic acids is 3. The Labute approximate surface area is 222 Å². The molecule has 6 nitrogen and oxygen atoms in total. The van der Waals surface area contributed by atoms with Gasteiger partial charge in [-0.15, -0.1) is 0 Å². The summed E-state index contributed by atoms with van der Waals surface area (Å²) in [6, 6.07) is 0. The molecule has 0 aromatic rings. The molecular formula is C30H60O6. The van der Waals surface area contributed by atoms with E-state index < -0.39 is 17.9 Å². The summed E-state index contributed by atoms with van der Waals surface area (Å²) in [5.74, 6) is -2.15. The van der Waals surface area contributed by atoms with Crippen LogP contribution in [0.5, 0.6) is 0 Å². The van der Waals surface area contributed by atoms with Gasteiger partial charge in [0.2, 0.25) is 0 Å². The first-order chi connectivity index (χ1) is 17.3. The monoisotopic (exact) mass is 516 g/mol. The molecule has 0 rings (SSSR count).